The number of halogens is 3. The SMILES string of the molecule is Cc1ccc(COC2CCC(C3CC=C(C4C=CC=CC4)C(F)=C3F)CC2)cc1F. The molecule has 1 aromatic carbocycles. The van der Waals surface area contributed by atoms with Gasteiger partial charge in [0.1, 0.15) is 11.6 Å². The van der Waals surface area contributed by atoms with Crippen molar-refractivity contribution in [2.75, 3.05) is 0 Å². The van der Waals surface area contributed by atoms with Crippen molar-refractivity contribution in [3.05, 3.63) is 82.8 Å². The number of benzene rings is 1. The van der Waals surface area contributed by atoms with E-state index in [1.54, 1.807) is 13.0 Å². The van der Waals surface area contributed by atoms with Crippen LogP contribution in [0.25, 0.3) is 0 Å². The Labute approximate surface area is 177 Å². The van der Waals surface area contributed by atoms with Crippen LogP contribution >= 0.6 is 0 Å². The van der Waals surface area contributed by atoms with Gasteiger partial charge in [-0.15, -0.1) is 0 Å². The highest BCUT2D eigenvalue weighted by molar-refractivity contribution is 5.38. The summed E-state index contributed by atoms with van der Waals surface area (Å²) in [6, 6.07) is 5.17. The van der Waals surface area contributed by atoms with Gasteiger partial charge < -0.3 is 4.74 Å². The maximum absolute atomic E-state index is 14.9. The molecule has 1 nitrogen and oxygen atoms in total. The molecule has 0 bridgehead atoms. The van der Waals surface area contributed by atoms with Gasteiger partial charge in [0.25, 0.3) is 0 Å². The topological polar surface area (TPSA) is 9.23 Å². The number of allylic oxidation sites excluding steroid dienone is 8. The van der Waals surface area contributed by atoms with Crippen LogP contribution in [0.3, 0.4) is 0 Å². The molecular weight excluding hydrogens is 385 g/mol. The van der Waals surface area contributed by atoms with Gasteiger partial charge in [-0.3, -0.25) is 0 Å². The quantitative estimate of drug-likeness (QED) is 0.486. The fourth-order valence-electron chi connectivity index (χ4n) is 4.87. The van der Waals surface area contributed by atoms with E-state index in [0.29, 0.717) is 24.2 Å². The summed E-state index contributed by atoms with van der Waals surface area (Å²) in [7, 11) is 0. The summed E-state index contributed by atoms with van der Waals surface area (Å²) in [6.07, 6.45) is 14.4. The van der Waals surface area contributed by atoms with Crippen LogP contribution in [0.2, 0.25) is 0 Å². The summed E-state index contributed by atoms with van der Waals surface area (Å²) in [5.41, 5.74) is 1.96. The second-order valence-electron chi connectivity index (χ2n) is 8.75. The van der Waals surface area contributed by atoms with Crippen molar-refractivity contribution in [1.82, 2.24) is 0 Å². The Kier molecular flexibility index (Phi) is 6.62. The minimum absolute atomic E-state index is 0.0579. The molecule has 1 saturated carbocycles. The third-order valence-electron chi connectivity index (χ3n) is 6.77. The minimum Gasteiger partial charge on any atom is -0.374 e. The van der Waals surface area contributed by atoms with E-state index in [2.05, 4.69) is 0 Å². The second kappa shape index (κ2) is 9.38. The molecule has 0 radical (unpaired) electrons. The minimum atomic E-state index is -0.643. The van der Waals surface area contributed by atoms with Crippen molar-refractivity contribution in [1.29, 1.82) is 0 Å². The van der Waals surface area contributed by atoms with Crippen LogP contribution in [0.15, 0.2) is 65.8 Å². The van der Waals surface area contributed by atoms with Crippen LogP contribution in [0.4, 0.5) is 13.2 Å². The Morgan fingerprint density at radius 2 is 1.80 bits per heavy atom. The zero-order valence-electron chi connectivity index (χ0n) is 17.4. The summed E-state index contributed by atoms with van der Waals surface area (Å²) in [6.45, 7) is 2.12. The Bertz CT molecular complexity index is 888. The lowest BCUT2D eigenvalue weighted by molar-refractivity contribution is 0.00127. The largest absolute Gasteiger partial charge is 0.374 e. The van der Waals surface area contributed by atoms with E-state index < -0.39 is 11.7 Å². The Balaban J connectivity index is 1.30. The van der Waals surface area contributed by atoms with Crippen LogP contribution in [-0.4, -0.2) is 6.10 Å². The first-order valence-corrected chi connectivity index (χ1v) is 11.0. The molecule has 0 heterocycles. The van der Waals surface area contributed by atoms with Crippen LogP contribution in [0.1, 0.15) is 49.7 Å². The second-order valence-corrected chi connectivity index (χ2v) is 8.75. The molecule has 0 aliphatic heterocycles. The molecule has 0 amide bonds. The van der Waals surface area contributed by atoms with Crippen molar-refractivity contribution >= 4 is 0 Å². The summed E-state index contributed by atoms with van der Waals surface area (Å²) in [4.78, 5) is 0. The average Bonchev–Trinajstić information content (AvgIpc) is 2.77. The third kappa shape index (κ3) is 4.64. The third-order valence-corrected chi connectivity index (χ3v) is 6.77. The molecule has 1 aromatic rings. The number of aryl methyl sites for hydroxylation is 1. The molecule has 3 aliphatic carbocycles. The summed E-state index contributed by atoms with van der Waals surface area (Å²) >= 11 is 0. The molecule has 4 heteroatoms. The standard InChI is InChI=1S/C26H29F3O/c1-17-7-8-18(15-24(17)27)16-30-21-11-9-20(10-12-21)23-14-13-22(25(28)26(23)29)19-5-3-2-4-6-19/h2-5,7-8,13,15,19-21,23H,6,9-12,14,16H2,1H3. The van der Waals surface area contributed by atoms with E-state index in [0.717, 1.165) is 37.7 Å². The normalized spacial score (nSPS) is 29.3. The zero-order chi connectivity index (χ0) is 21.1. The highest BCUT2D eigenvalue weighted by Gasteiger charge is 2.35. The van der Waals surface area contributed by atoms with Gasteiger partial charge in [-0.05, 0) is 74.1 Å². The Hall–Kier alpha value is -2.07. The van der Waals surface area contributed by atoms with Crippen molar-refractivity contribution in [3.8, 4) is 0 Å². The van der Waals surface area contributed by atoms with Crippen molar-refractivity contribution < 1.29 is 17.9 Å². The average molecular weight is 415 g/mol. The van der Waals surface area contributed by atoms with Gasteiger partial charge in [0, 0.05) is 11.8 Å². The summed E-state index contributed by atoms with van der Waals surface area (Å²) in [5, 5.41) is 0. The Morgan fingerprint density at radius 3 is 2.50 bits per heavy atom. The predicted molar refractivity (Wildman–Crippen MR) is 113 cm³/mol. The first-order valence-electron chi connectivity index (χ1n) is 11.0. The number of ether oxygens (including phenoxy) is 1. The zero-order valence-corrected chi connectivity index (χ0v) is 17.4. The highest BCUT2D eigenvalue weighted by atomic mass is 19.2. The molecule has 0 N–H and O–H groups in total. The smallest absolute Gasteiger partial charge is 0.158 e. The van der Waals surface area contributed by atoms with Gasteiger partial charge in [-0.25, -0.2) is 13.2 Å². The van der Waals surface area contributed by atoms with Crippen LogP contribution in [0, 0.1) is 30.5 Å². The van der Waals surface area contributed by atoms with Gasteiger partial charge in [-0.1, -0.05) is 42.5 Å². The molecule has 2 unspecified atom stereocenters. The molecule has 0 saturated heterocycles. The van der Waals surface area contributed by atoms with Crippen molar-refractivity contribution in [2.24, 2.45) is 17.8 Å². The van der Waals surface area contributed by atoms with Gasteiger partial charge in [0.15, 0.2) is 5.83 Å². The molecule has 3 aliphatic rings. The van der Waals surface area contributed by atoms with E-state index in [4.69, 9.17) is 4.74 Å². The van der Waals surface area contributed by atoms with Gasteiger partial charge >= 0.3 is 0 Å². The molecule has 30 heavy (non-hydrogen) atoms. The van der Waals surface area contributed by atoms with E-state index >= 15 is 0 Å². The lowest BCUT2D eigenvalue weighted by Gasteiger charge is -2.35. The van der Waals surface area contributed by atoms with Crippen LogP contribution in [0.5, 0.6) is 0 Å². The maximum atomic E-state index is 14.9. The molecule has 4 rings (SSSR count). The number of hydrogen-bond acceptors (Lipinski definition) is 1. The van der Waals surface area contributed by atoms with Crippen molar-refractivity contribution in [3.63, 3.8) is 0 Å². The first kappa shape index (κ1) is 21.2. The van der Waals surface area contributed by atoms with Crippen LogP contribution in [-0.2, 0) is 11.3 Å². The van der Waals surface area contributed by atoms with Gasteiger partial charge in [-0.2, -0.15) is 0 Å². The molecule has 160 valence electrons. The fourth-order valence-corrected chi connectivity index (χ4v) is 4.87. The lowest BCUT2D eigenvalue weighted by atomic mass is 9.74. The van der Waals surface area contributed by atoms with E-state index in [1.807, 2.05) is 36.4 Å². The molecule has 1 fully saturated rings. The Morgan fingerprint density at radius 1 is 1.00 bits per heavy atom. The van der Waals surface area contributed by atoms with Crippen molar-refractivity contribution in [2.45, 2.75) is 58.2 Å². The number of rotatable bonds is 5. The highest BCUT2D eigenvalue weighted by Crippen LogP contribution is 2.44. The van der Waals surface area contributed by atoms with Crippen LogP contribution < -0.4 is 0 Å². The van der Waals surface area contributed by atoms with Gasteiger partial charge in [0.05, 0.1) is 12.7 Å². The molecule has 2 atom stereocenters. The van der Waals surface area contributed by atoms with E-state index in [-0.39, 0.29) is 29.7 Å². The lowest BCUT2D eigenvalue weighted by Crippen LogP contribution is -2.28. The van der Waals surface area contributed by atoms with Gasteiger partial charge in [0.2, 0.25) is 0 Å². The summed E-state index contributed by atoms with van der Waals surface area (Å²) in [5.74, 6) is -1.69. The van der Waals surface area contributed by atoms with E-state index in [9.17, 15) is 13.2 Å². The monoisotopic (exact) mass is 414 g/mol. The molecule has 0 aromatic heterocycles. The summed E-state index contributed by atoms with van der Waals surface area (Å²) < 4.78 is 49.4. The predicted octanol–water partition coefficient (Wildman–Crippen LogP) is 7.44. The molecular formula is C26H29F3O. The first-order chi connectivity index (χ1) is 14.5. The fraction of sp³-hybridized carbons (Fsp3) is 0.462. The number of hydrogen-bond donors (Lipinski definition) is 0. The van der Waals surface area contributed by atoms with E-state index in [1.165, 1.54) is 6.07 Å². The maximum Gasteiger partial charge on any atom is 0.158 e. The molecule has 0 spiro atoms.